The number of nitrogens with zero attached hydrogens (tertiary/aromatic N) is 2. The molecule has 250 valence electrons. The first kappa shape index (κ1) is 35.4. The largest absolute Gasteiger partial charge is 0.496 e. The molecule has 0 aromatic heterocycles. The predicted molar refractivity (Wildman–Crippen MR) is 194 cm³/mol. The van der Waals surface area contributed by atoms with E-state index in [0.29, 0.717) is 32.7 Å². The summed E-state index contributed by atoms with van der Waals surface area (Å²) in [4.78, 5) is 16.4. The average Bonchev–Trinajstić information content (AvgIpc) is 3.07. The molecule has 7 nitrogen and oxygen atoms in total. The van der Waals surface area contributed by atoms with E-state index in [2.05, 4.69) is 87.0 Å². The number of allylic oxidation sites excluding steroid dienone is 1. The van der Waals surface area contributed by atoms with Crippen LogP contribution in [0.1, 0.15) is 62.1 Å². The topological polar surface area (TPSA) is 60.5 Å². The zero-order valence-electron chi connectivity index (χ0n) is 28.7. The minimum atomic E-state index is -0.239. The Morgan fingerprint density at radius 3 is 2.45 bits per heavy atom. The SMILES string of the molecule is C=CCOC1C=CC2=C(c3cc(N(C)C)c(C(CC)CCCC(=O)OCC)cc3OC)c3ccc(N(CC=C)CC=C)cc3OC2=C1. The molecule has 0 bridgehead atoms. The second-order valence-electron chi connectivity index (χ2n) is 11.8. The van der Waals surface area contributed by atoms with Crippen LogP contribution in [0.2, 0.25) is 0 Å². The van der Waals surface area contributed by atoms with Crippen molar-refractivity contribution < 1.29 is 23.7 Å². The van der Waals surface area contributed by atoms with Gasteiger partial charge in [-0.25, -0.2) is 0 Å². The van der Waals surface area contributed by atoms with Crippen LogP contribution in [0.4, 0.5) is 11.4 Å². The first-order chi connectivity index (χ1) is 22.8. The Morgan fingerprint density at radius 1 is 1.04 bits per heavy atom. The molecule has 1 aliphatic heterocycles. The van der Waals surface area contributed by atoms with Crippen molar-refractivity contribution in [1.29, 1.82) is 0 Å². The summed E-state index contributed by atoms with van der Waals surface area (Å²) in [5.74, 6) is 2.39. The third-order valence-electron chi connectivity index (χ3n) is 8.50. The molecule has 2 unspecified atom stereocenters. The van der Waals surface area contributed by atoms with Crippen LogP contribution in [0, 0.1) is 0 Å². The van der Waals surface area contributed by atoms with Gasteiger partial charge in [0.15, 0.2) is 0 Å². The highest BCUT2D eigenvalue weighted by molar-refractivity contribution is 5.94. The second-order valence-corrected chi connectivity index (χ2v) is 11.8. The van der Waals surface area contributed by atoms with Gasteiger partial charge in [-0.15, -0.1) is 19.7 Å². The molecule has 2 aromatic carbocycles. The van der Waals surface area contributed by atoms with Gasteiger partial charge in [0.25, 0.3) is 0 Å². The standard InChI is InChI=1S/C40H50N2O5/c1-9-21-42(22-10-2)29-17-19-31-37(24-29)47-38-25-30(46-23-11-3)18-20-32(38)40(31)34-26-35(41(6)7)33(27-36(34)44-8)28(12-4)15-14-16-39(43)45-13-5/h9-11,17-20,24-28,30H,1-3,12-16,21-23H2,4-8H3. The fraction of sp³-hybridized carbons (Fsp3) is 0.375. The third-order valence-corrected chi connectivity index (χ3v) is 8.50. The summed E-state index contributed by atoms with van der Waals surface area (Å²) in [6.07, 6.45) is 14.4. The van der Waals surface area contributed by atoms with Crippen molar-refractivity contribution in [2.45, 2.75) is 51.6 Å². The quantitative estimate of drug-likeness (QED) is 0.120. The lowest BCUT2D eigenvalue weighted by Gasteiger charge is -2.32. The van der Waals surface area contributed by atoms with E-state index in [1.54, 1.807) is 13.2 Å². The minimum Gasteiger partial charge on any atom is -0.496 e. The van der Waals surface area contributed by atoms with Gasteiger partial charge in [-0.3, -0.25) is 4.79 Å². The second kappa shape index (κ2) is 16.9. The highest BCUT2D eigenvalue weighted by Gasteiger charge is 2.31. The van der Waals surface area contributed by atoms with E-state index in [0.717, 1.165) is 70.2 Å². The molecule has 0 N–H and O–H groups in total. The van der Waals surface area contributed by atoms with Gasteiger partial charge in [-0.2, -0.15) is 0 Å². The van der Waals surface area contributed by atoms with Gasteiger partial charge in [-0.1, -0.05) is 37.3 Å². The number of hydrogen-bond donors (Lipinski definition) is 0. The number of benzene rings is 2. The van der Waals surface area contributed by atoms with E-state index in [1.165, 1.54) is 5.56 Å². The molecule has 2 atom stereocenters. The van der Waals surface area contributed by atoms with E-state index in [9.17, 15) is 4.79 Å². The lowest BCUT2D eigenvalue weighted by molar-refractivity contribution is -0.143. The normalized spacial score (nSPS) is 15.4. The highest BCUT2D eigenvalue weighted by Crippen LogP contribution is 2.49. The van der Waals surface area contributed by atoms with Gasteiger partial charge in [0.2, 0.25) is 0 Å². The number of fused-ring (bicyclic) bond motifs is 2. The average molecular weight is 639 g/mol. The van der Waals surface area contributed by atoms with Crippen LogP contribution >= 0.6 is 0 Å². The van der Waals surface area contributed by atoms with Crippen LogP contribution in [0.15, 0.2) is 97.9 Å². The van der Waals surface area contributed by atoms with Crippen molar-refractivity contribution >= 4 is 22.9 Å². The Bertz CT molecular complexity index is 1540. The molecule has 0 saturated carbocycles. The smallest absolute Gasteiger partial charge is 0.305 e. The highest BCUT2D eigenvalue weighted by atomic mass is 16.5. The van der Waals surface area contributed by atoms with E-state index in [-0.39, 0.29) is 18.0 Å². The summed E-state index contributed by atoms with van der Waals surface area (Å²) >= 11 is 0. The Balaban J connectivity index is 1.87. The molecule has 7 heteroatoms. The number of esters is 1. The Hall–Kier alpha value is -4.49. The van der Waals surface area contributed by atoms with E-state index in [1.807, 2.05) is 31.2 Å². The maximum Gasteiger partial charge on any atom is 0.305 e. The van der Waals surface area contributed by atoms with Crippen molar-refractivity contribution in [2.75, 3.05) is 57.3 Å². The zero-order valence-corrected chi connectivity index (χ0v) is 28.7. The maximum absolute atomic E-state index is 12.1. The molecule has 2 aromatic rings. The summed E-state index contributed by atoms with van der Waals surface area (Å²) in [5.41, 5.74) is 7.28. The van der Waals surface area contributed by atoms with Crippen LogP contribution < -0.4 is 19.3 Å². The molecular formula is C40H50N2O5. The van der Waals surface area contributed by atoms with Crippen LogP contribution in [0.5, 0.6) is 11.5 Å². The van der Waals surface area contributed by atoms with Crippen molar-refractivity contribution in [3.05, 3.63) is 115 Å². The summed E-state index contributed by atoms with van der Waals surface area (Å²) in [6, 6.07) is 10.8. The van der Waals surface area contributed by atoms with E-state index < -0.39 is 0 Å². The molecule has 2 aliphatic rings. The fourth-order valence-electron chi connectivity index (χ4n) is 6.26. The van der Waals surface area contributed by atoms with E-state index in [4.69, 9.17) is 18.9 Å². The van der Waals surface area contributed by atoms with Crippen LogP contribution in [0.3, 0.4) is 0 Å². The predicted octanol–water partition coefficient (Wildman–Crippen LogP) is 8.39. The van der Waals surface area contributed by atoms with Gasteiger partial charge < -0.3 is 28.7 Å². The van der Waals surface area contributed by atoms with Gasteiger partial charge in [-0.05, 0) is 68.0 Å². The molecule has 4 rings (SSSR count). The summed E-state index contributed by atoms with van der Waals surface area (Å²) in [7, 11) is 5.87. The molecule has 0 saturated heterocycles. The molecule has 0 amide bonds. The summed E-state index contributed by atoms with van der Waals surface area (Å²) in [5, 5.41) is 0. The van der Waals surface area contributed by atoms with Crippen molar-refractivity contribution in [3.63, 3.8) is 0 Å². The molecule has 1 heterocycles. The number of hydrogen-bond acceptors (Lipinski definition) is 7. The summed E-state index contributed by atoms with van der Waals surface area (Å²) in [6.45, 7) is 17.9. The molecule has 0 radical (unpaired) electrons. The molecule has 0 fully saturated rings. The van der Waals surface area contributed by atoms with Crippen molar-refractivity contribution in [3.8, 4) is 11.5 Å². The lowest BCUT2D eigenvalue weighted by atomic mass is 9.83. The number of carbonyl (C=O) groups is 1. The Kier molecular flexibility index (Phi) is 12.7. The number of methoxy groups -OCH3 is 1. The fourth-order valence-corrected chi connectivity index (χ4v) is 6.26. The summed E-state index contributed by atoms with van der Waals surface area (Å²) < 4.78 is 23.9. The molecule has 0 spiro atoms. The lowest BCUT2D eigenvalue weighted by Crippen LogP contribution is -2.23. The Labute approximate surface area is 281 Å². The molecule has 47 heavy (non-hydrogen) atoms. The number of ether oxygens (including phenoxy) is 4. The number of anilines is 2. The van der Waals surface area contributed by atoms with Crippen LogP contribution in [-0.2, 0) is 14.3 Å². The minimum absolute atomic E-state index is 0.142. The van der Waals surface area contributed by atoms with Gasteiger partial charge in [0.05, 0.1) is 26.4 Å². The van der Waals surface area contributed by atoms with Gasteiger partial charge in [0, 0.05) is 73.3 Å². The molecular weight excluding hydrogens is 588 g/mol. The van der Waals surface area contributed by atoms with Crippen LogP contribution in [-0.4, -0.2) is 59.6 Å². The maximum atomic E-state index is 12.1. The third kappa shape index (κ3) is 8.27. The monoisotopic (exact) mass is 638 g/mol. The number of rotatable bonds is 18. The van der Waals surface area contributed by atoms with Crippen molar-refractivity contribution in [1.82, 2.24) is 0 Å². The Morgan fingerprint density at radius 2 is 1.81 bits per heavy atom. The number of carbonyl (C=O) groups excluding carboxylic acids is 1. The van der Waals surface area contributed by atoms with Gasteiger partial charge in [0.1, 0.15) is 17.3 Å². The van der Waals surface area contributed by atoms with Crippen molar-refractivity contribution in [2.24, 2.45) is 0 Å². The zero-order chi connectivity index (χ0) is 33.9. The first-order valence-corrected chi connectivity index (χ1v) is 16.5. The van der Waals surface area contributed by atoms with Gasteiger partial charge >= 0.3 is 5.97 Å². The van der Waals surface area contributed by atoms with E-state index >= 15 is 0 Å². The molecule has 1 aliphatic carbocycles. The van der Waals surface area contributed by atoms with Crippen LogP contribution in [0.25, 0.3) is 5.57 Å². The first-order valence-electron chi connectivity index (χ1n) is 16.5.